The highest BCUT2D eigenvalue weighted by atomic mass is 35.5. The Kier molecular flexibility index (Phi) is 6.22. The standard InChI is InChI=1S/C25H19Cl2N3O3/c1-14-6-3-4-9-19(14)29-23(31)16-11-10-15(2)20(12-16)28-22-21(27)24(32)30(25(22)33)18-8-5-7-17(26)13-18/h3-13,28H,1-2H3,(H,29,31). The van der Waals surface area contributed by atoms with Crippen LogP contribution < -0.4 is 15.5 Å². The van der Waals surface area contributed by atoms with E-state index >= 15 is 0 Å². The van der Waals surface area contributed by atoms with Gasteiger partial charge in [-0.2, -0.15) is 0 Å². The van der Waals surface area contributed by atoms with Gasteiger partial charge in [0.2, 0.25) is 0 Å². The number of halogens is 2. The lowest BCUT2D eigenvalue weighted by molar-refractivity contribution is -0.120. The van der Waals surface area contributed by atoms with Gasteiger partial charge < -0.3 is 10.6 Å². The molecule has 4 rings (SSSR count). The van der Waals surface area contributed by atoms with Crippen molar-refractivity contribution in [1.29, 1.82) is 0 Å². The first kappa shape index (κ1) is 22.6. The highest BCUT2D eigenvalue weighted by Crippen LogP contribution is 2.32. The number of carbonyl (C=O) groups is 3. The van der Waals surface area contributed by atoms with Gasteiger partial charge >= 0.3 is 0 Å². The summed E-state index contributed by atoms with van der Waals surface area (Å²) in [5.74, 6) is -1.57. The number of para-hydroxylation sites is 1. The second kappa shape index (κ2) is 9.10. The third-order valence-corrected chi connectivity index (χ3v) is 5.83. The van der Waals surface area contributed by atoms with Crippen LogP contribution in [0.3, 0.4) is 0 Å². The Morgan fingerprint density at radius 2 is 1.55 bits per heavy atom. The van der Waals surface area contributed by atoms with Crippen LogP contribution in [0.2, 0.25) is 5.02 Å². The summed E-state index contributed by atoms with van der Waals surface area (Å²) in [6.45, 7) is 3.72. The molecule has 0 unspecified atom stereocenters. The molecule has 1 aliphatic heterocycles. The number of aryl methyl sites for hydroxylation is 2. The summed E-state index contributed by atoms with van der Waals surface area (Å²) in [4.78, 5) is 39.5. The Labute approximate surface area is 200 Å². The SMILES string of the molecule is Cc1ccccc1NC(=O)c1ccc(C)c(NC2=C(Cl)C(=O)N(c3cccc(Cl)c3)C2=O)c1. The average molecular weight is 480 g/mol. The quantitative estimate of drug-likeness (QED) is 0.463. The van der Waals surface area contributed by atoms with E-state index in [9.17, 15) is 14.4 Å². The third kappa shape index (κ3) is 4.49. The molecule has 0 aromatic heterocycles. The lowest BCUT2D eigenvalue weighted by atomic mass is 10.1. The number of hydrogen-bond donors (Lipinski definition) is 2. The summed E-state index contributed by atoms with van der Waals surface area (Å²) >= 11 is 12.2. The summed E-state index contributed by atoms with van der Waals surface area (Å²) in [6, 6.07) is 18.9. The van der Waals surface area contributed by atoms with E-state index in [4.69, 9.17) is 23.2 Å². The highest BCUT2D eigenvalue weighted by molar-refractivity contribution is 6.53. The van der Waals surface area contributed by atoms with Crippen molar-refractivity contribution >= 4 is 58.0 Å². The van der Waals surface area contributed by atoms with E-state index in [1.165, 1.54) is 6.07 Å². The Bertz CT molecular complexity index is 1330. The maximum absolute atomic E-state index is 13.0. The molecule has 0 saturated heterocycles. The molecule has 1 heterocycles. The Morgan fingerprint density at radius 1 is 0.818 bits per heavy atom. The summed E-state index contributed by atoms with van der Waals surface area (Å²) < 4.78 is 0. The number of nitrogens with one attached hydrogen (secondary N) is 2. The molecule has 1 aliphatic rings. The maximum atomic E-state index is 13.0. The van der Waals surface area contributed by atoms with Crippen molar-refractivity contribution in [2.45, 2.75) is 13.8 Å². The minimum Gasteiger partial charge on any atom is -0.349 e. The summed E-state index contributed by atoms with van der Waals surface area (Å²) in [6.07, 6.45) is 0. The molecule has 2 N–H and O–H groups in total. The number of nitrogens with zero attached hydrogens (tertiary/aromatic N) is 1. The van der Waals surface area contributed by atoms with E-state index in [1.807, 2.05) is 38.1 Å². The number of rotatable bonds is 5. The van der Waals surface area contributed by atoms with Gasteiger partial charge in [-0.15, -0.1) is 0 Å². The molecule has 3 aromatic rings. The van der Waals surface area contributed by atoms with E-state index in [0.717, 1.165) is 16.0 Å². The molecule has 0 fully saturated rings. The molecule has 3 amide bonds. The molecule has 0 radical (unpaired) electrons. The molecular weight excluding hydrogens is 461 g/mol. The molecular formula is C25H19Cl2N3O3. The van der Waals surface area contributed by atoms with Gasteiger partial charge in [0.1, 0.15) is 10.7 Å². The molecule has 166 valence electrons. The van der Waals surface area contributed by atoms with Gasteiger partial charge in [-0.25, -0.2) is 4.90 Å². The fraction of sp³-hybridized carbons (Fsp3) is 0.0800. The third-order valence-electron chi connectivity index (χ3n) is 5.25. The molecule has 0 atom stereocenters. The highest BCUT2D eigenvalue weighted by Gasteiger charge is 2.39. The van der Waals surface area contributed by atoms with Crippen molar-refractivity contribution in [1.82, 2.24) is 0 Å². The van der Waals surface area contributed by atoms with Crippen LogP contribution in [0.25, 0.3) is 0 Å². The van der Waals surface area contributed by atoms with E-state index in [1.54, 1.807) is 36.4 Å². The lowest BCUT2D eigenvalue weighted by Gasteiger charge is -2.16. The van der Waals surface area contributed by atoms with E-state index < -0.39 is 11.8 Å². The summed E-state index contributed by atoms with van der Waals surface area (Å²) in [5, 5.41) is 5.97. The fourth-order valence-corrected chi connectivity index (χ4v) is 3.80. The van der Waals surface area contributed by atoms with Crippen LogP contribution in [0.15, 0.2) is 77.5 Å². The fourth-order valence-electron chi connectivity index (χ4n) is 3.40. The number of anilines is 3. The second-order valence-corrected chi connectivity index (χ2v) is 8.35. The van der Waals surface area contributed by atoms with Gasteiger partial charge in [-0.1, -0.05) is 53.5 Å². The molecule has 0 bridgehead atoms. The zero-order valence-corrected chi connectivity index (χ0v) is 19.3. The number of benzene rings is 3. The van der Waals surface area contributed by atoms with Crippen LogP contribution in [-0.4, -0.2) is 17.7 Å². The monoisotopic (exact) mass is 479 g/mol. The van der Waals surface area contributed by atoms with Gasteiger partial charge in [-0.05, 0) is 61.4 Å². The van der Waals surface area contributed by atoms with Gasteiger partial charge in [0.25, 0.3) is 17.7 Å². The van der Waals surface area contributed by atoms with Crippen LogP contribution in [0.4, 0.5) is 17.1 Å². The lowest BCUT2D eigenvalue weighted by Crippen LogP contribution is -2.32. The van der Waals surface area contributed by atoms with Crippen molar-refractivity contribution in [2.24, 2.45) is 0 Å². The predicted octanol–water partition coefficient (Wildman–Crippen LogP) is 5.64. The van der Waals surface area contributed by atoms with E-state index in [2.05, 4.69) is 10.6 Å². The normalized spacial score (nSPS) is 13.5. The molecule has 0 aliphatic carbocycles. The second-order valence-electron chi connectivity index (χ2n) is 7.54. The number of carbonyl (C=O) groups excluding carboxylic acids is 3. The Balaban J connectivity index is 1.60. The minimum absolute atomic E-state index is 0.0683. The number of hydrogen-bond acceptors (Lipinski definition) is 4. The van der Waals surface area contributed by atoms with Gasteiger partial charge in [0.05, 0.1) is 5.69 Å². The van der Waals surface area contributed by atoms with Crippen LogP contribution in [-0.2, 0) is 9.59 Å². The smallest absolute Gasteiger partial charge is 0.283 e. The zero-order valence-electron chi connectivity index (χ0n) is 17.8. The molecule has 33 heavy (non-hydrogen) atoms. The van der Waals surface area contributed by atoms with E-state index in [-0.39, 0.29) is 16.6 Å². The number of imide groups is 1. The Morgan fingerprint density at radius 3 is 2.27 bits per heavy atom. The van der Waals surface area contributed by atoms with Gasteiger partial charge in [0.15, 0.2) is 0 Å². The number of amides is 3. The Hall–Kier alpha value is -3.61. The first-order chi connectivity index (χ1) is 15.8. The van der Waals surface area contributed by atoms with Crippen LogP contribution in [0.5, 0.6) is 0 Å². The minimum atomic E-state index is -0.655. The van der Waals surface area contributed by atoms with Crippen molar-refractivity contribution in [3.63, 3.8) is 0 Å². The molecule has 0 saturated carbocycles. The van der Waals surface area contributed by atoms with Crippen molar-refractivity contribution in [3.8, 4) is 0 Å². The first-order valence-electron chi connectivity index (χ1n) is 10.0. The molecule has 3 aromatic carbocycles. The average Bonchev–Trinajstić information content (AvgIpc) is 2.99. The largest absolute Gasteiger partial charge is 0.349 e. The maximum Gasteiger partial charge on any atom is 0.283 e. The first-order valence-corrected chi connectivity index (χ1v) is 10.8. The molecule has 6 nitrogen and oxygen atoms in total. The molecule has 8 heteroatoms. The zero-order chi connectivity index (χ0) is 23.7. The predicted molar refractivity (Wildman–Crippen MR) is 131 cm³/mol. The molecule has 0 spiro atoms. The van der Waals surface area contributed by atoms with Crippen LogP contribution in [0, 0.1) is 13.8 Å². The van der Waals surface area contributed by atoms with Crippen LogP contribution in [0.1, 0.15) is 21.5 Å². The van der Waals surface area contributed by atoms with Crippen LogP contribution >= 0.6 is 23.2 Å². The topological polar surface area (TPSA) is 78.5 Å². The van der Waals surface area contributed by atoms with Gasteiger partial charge in [0, 0.05) is 22.0 Å². The van der Waals surface area contributed by atoms with Gasteiger partial charge in [-0.3, -0.25) is 14.4 Å². The van der Waals surface area contributed by atoms with Crippen molar-refractivity contribution in [2.75, 3.05) is 15.5 Å². The van der Waals surface area contributed by atoms with Crippen molar-refractivity contribution < 1.29 is 14.4 Å². The van der Waals surface area contributed by atoms with E-state index in [0.29, 0.717) is 27.6 Å². The van der Waals surface area contributed by atoms with Crippen molar-refractivity contribution in [3.05, 3.63) is 99.2 Å². The summed E-state index contributed by atoms with van der Waals surface area (Å²) in [7, 11) is 0. The summed E-state index contributed by atoms with van der Waals surface area (Å²) in [5.41, 5.74) is 3.51.